The number of nitrogens with zero attached hydrogens (tertiary/aromatic N) is 5. The molecule has 304 valence electrons. The van der Waals surface area contributed by atoms with E-state index in [0.29, 0.717) is 54.2 Å². The first-order valence-electron chi connectivity index (χ1n) is 21.2. The predicted octanol–water partition coefficient (Wildman–Crippen LogP) is 8.44. The molecule has 1 aliphatic heterocycles. The topological polar surface area (TPSA) is 137 Å². The van der Waals surface area contributed by atoms with Gasteiger partial charge in [0.15, 0.2) is 5.82 Å². The number of aromatic nitrogens is 4. The average Bonchev–Trinajstić information content (AvgIpc) is 3.78. The number of benzene rings is 2. The standard InChI is InChI=1S/C47H56N6O5/c1-29(2)36-25-37(42(55)26-41(36)54)43-49-50-44(56)53(43)33-10-7-30(8-11-33)28-51-20-22-52(23-21-51)45(57)58-34-15-17-46(3)32(24-34)9-12-35-39-14-13-38(31-6-5-19-48-27-31)47(39,4)18-16-40(35)46/h5-11,13,19,25-27,29,34-35,39-40,54-55H,12,14-18,20-24,28H2,1-4H3,(H,50,56)/t34?,35?,39-,40-,46?,47?/m0/s1. The Morgan fingerprint density at radius 1 is 0.948 bits per heavy atom. The van der Waals surface area contributed by atoms with E-state index in [-0.39, 0.29) is 46.3 Å². The molecule has 2 aromatic carbocycles. The fourth-order valence-electron chi connectivity index (χ4n) is 11.5. The molecule has 6 atom stereocenters. The number of piperazine rings is 1. The Morgan fingerprint density at radius 3 is 2.47 bits per heavy atom. The smallest absolute Gasteiger partial charge is 0.410 e. The van der Waals surface area contributed by atoms with Gasteiger partial charge in [-0.25, -0.2) is 19.3 Å². The second kappa shape index (κ2) is 14.9. The second-order valence-electron chi connectivity index (χ2n) is 18.3. The zero-order chi connectivity index (χ0) is 40.3. The number of phenolic OH excluding ortho intramolecular Hbond substituents is 2. The summed E-state index contributed by atoms with van der Waals surface area (Å²) in [4.78, 5) is 35.0. The number of allylic oxidation sites excluding steroid dienone is 3. The van der Waals surface area contributed by atoms with E-state index in [1.807, 2.05) is 55.4 Å². The fraction of sp³-hybridized carbons (Fsp3) is 0.489. The normalized spacial score (nSPS) is 28.3. The molecule has 2 aromatic heterocycles. The van der Waals surface area contributed by atoms with E-state index in [2.05, 4.69) is 58.2 Å². The van der Waals surface area contributed by atoms with Crippen LogP contribution in [0.25, 0.3) is 22.6 Å². The number of carbonyl (C=O) groups excluding carboxylic acids is 1. The van der Waals surface area contributed by atoms with Gasteiger partial charge in [-0.2, -0.15) is 5.10 Å². The Labute approximate surface area is 340 Å². The van der Waals surface area contributed by atoms with Crippen LogP contribution in [0.3, 0.4) is 0 Å². The van der Waals surface area contributed by atoms with Crippen LogP contribution < -0.4 is 5.69 Å². The van der Waals surface area contributed by atoms with Crippen LogP contribution in [0.2, 0.25) is 0 Å². The van der Waals surface area contributed by atoms with Crippen LogP contribution in [0.1, 0.15) is 95.2 Å². The monoisotopic (exact) mass is 784 g/mol. The lowest BCUT2D eigenvalue weighted by Gasteiger charge is -2.58. The number of pyridine rings is 1. The molecule has 4 aliphatic carbocycles. The molecule has 0 spiro atoms. The number of nitrogens with one attached hydrogen (secondary N) is 1. The number of phenols is 2. The molecule has 0 radical (unpaired) electrons. The molecule has 2 saturated carbocycles. The van der Waals surface area contributed by atoms with Gasteiger partial charge in [-0.3, -0.25) is 9.88 Å². The van der Waals surface area contributed by atoms with Gasteiger partial charge in [-0.1, -0.05) is 63.6 Å². The number of ether oxygens (including phenoxy) is 1. The lowest BCUT2D eigenvalue weighted by atomic mass is 9.47. The highest BCUT2D eigenvalue weighted by molar-refractivity contribution is 5.73. The Balaban J connectivity index is 0.785. The Morgan fingerprint density at radius 2 is 1.72 bits per heavy atom. The van der Waals surface area contributed by atoms with Crippen LogP contribution >= 0.6 is 0 Å². The first-order valence-corrected chi connectivity index (χ1v) is 21.2. The maximum Gasteiger partial charge on any atom is 0.410 e. The summed E-state index contributed by atoms with van der Waals surface area (Å²) < 4.78 is 7.67. The number of hydrogen-bond donors (Lipinski definition) is 3. The van der Waals surface area contributed by atoms with Crippen molar-refractivity contribution >= 4 is 11.7 Å². The molecule has 0 bridgehead atoms. The molecule has 1 saturated heterocycles. The molecule has 11 heteroatoms. The number of carbonyl (C=O) groups is 1. The number of aromatic hydroxyl groups is 2. The summed E-state index contributed by atoms with van der Waals surface area (Å²) in [6.07, 6.45) is 16.3. The molecule has 5 aliphatic rings. The van der Waals surface area contributed by atoms with E-state index >= 15 is 0 Å². The summed E-state index contributed by atoms with van der Waals surface area (Å²) in [5.74, 6) is 2.14. The molecule has 4 unspecified atom stereocenters. The van der Waals surface area contributed by atoms with Gasteiger partial charge in [0.25, 0.3) is 0 Å². The summed E-state index contributed by atoms with van der Waals surface area (Å²) in [6, 6.07) is 15.0. The first-order chi connectivity index (χ1) is 27.9. The van der Waals surface area contributed by atoms with E-state index in [9.17, 15) is 19.8 Å². The van der Waals surface area contributed by atoms with Gasteiger partial charge in [0.05, 0.1) is 11.3 Å². The van der Waals surface area contributed by atoms with E-state index in [1.54, 1.807) is 6.07 Å². The molecule has 1 amide bonds. The maximum atomic E-state index is 13.5. The minimum atomic E-state index is -0.426. The summed E-state index contributed by atoms with van der Waals surface area (Å²) in [7, 11) is 0. The zero-order valence-corrected chi connectivity index (χ0v) is 34.2. The van der Waals surface area contributed by atoms with Crippen LogP contribution in [0.4, 0.5) is 4.79 Å². The van der Waals surface area contributed by atoms with Crippen LogP contribution in [0.5, 0.6) is 11.5 Å². The van der Waals surface area contributed by atoms with Crippen molar-refractivity contribution < 1.29 is 19.7 Å². The molecule has 3 fully saturated rings. The second-order valence-corrected chi connectivity index (χ2v) is 18.3. The van der Waals surface area contributed by atoms with Crippen LogP contribution in [-0.4, -0.2) is 78.1 Å². The Kier molecular flexibility index (Phi) is 9.85. The van der Waals surface area contributed by atoms with Gasteiger partial charge < -0.3 is 19.8 Å². The molecule has 11 nitrogen and oxygen atoms in total. The van der Waals surface area contributed by atoms with Crippen molar-refractivity contribution in [2.75, 3.05) is 26.2 Å². The molecule has 58 heavy (non-hydrogen) atoms. The molecule has 3 heterocycles. The van der Waals surface area contributed by atoms with Crippen molar-refractivity contribution in [2.24, 2.45) is 28.6 Å². The molecule has 9 rings (SSSR count). The third-order valence-corrected chi connectivity index (χ3v) is 14.8. The average molecular weight is 785 g/mol. The van der Waals surface area contributed by atoms with Crippen molar-refractivity contribution in [3.63, 3.8) is 0 Å². The van der Waals surface area contributed by atoms with Gasteiger partial charge in [-0.05, 0) is 120 Å². The summed E-state index contributed by atoms with van der Waals surface area (Å²) in [5.41, 5.74) is 6.98. The lowest BCUT2D eigenvalue weighted by Crippen LogP contribution is -2.51. The van der Waals surface area contributed by atoms with Crippen molar-refractivity contribution in [1.29, 1.82) is 0 Å². The quantitative estimate of drug-likeness (QED) is 0.159. The Bertz CT molecular complexity index is 2310. The van der Waals surface area contributed by atoms with Gasteiger partial charge in [-0.15, -0.1) is 0 Å². The van der Waals surface area contributed by atoms with Crippen molar-refractivity contribution in [3.8, 4) is 28.6 Å². The molecular formula is C47H56N6O5. The van der Waals surface area contributed by atoms with Gasteiger partial charge in [0.2, 0.25) is 0 Å². The number of amides is 1. The fourth-order valence-corrected chi connectivity index (χ4v) is 11.5. The molecule has 4 aromatic rings. The van der Waals surface area contributed by atoms with E-state index in [4.69, 9.17) is 4.74 Å². The maximum absolute atomic E-state index is 13.5. The molecular weight excluding hydrogens is 729 g/mol. The number of rotatable bonds is 7. The van der Waals surface area contributed by atoms with E-state index < -0.39 is 5.69 Å². The SMILES string of the molecule is CC(C)c1cc(-c2n[nH]c(=O)n2-c2ccc(CN3CCN(C(=O)OC4CCC5(C)C(=CCC6[C@@H]5CCC5(C)C(c7cccnc7)=CC[C@@H]65)C4)CC3)cc2)c(O)cc1O. The summed E-state index contributed by atoms with van der Waals surface area (Å²) in [5, 5.41) is 27.7. The summed E-state index contributed by atoms with van der Waals surface area (Å²) in [6.45, 7) is 12.3. The number of aromatic amines is 1. The highest BCUT2D eigenvalue weighted by Crippen LogP contribution is 2.66. The van der Waals surface area contributed by atoms with Crippen LogP contribution in [-0.2, 0) is 11.3 Å². The highest BCUT2D eigenvalue weighted by Gasteiger charge is 2.57. The lowest BCUT2D eigenvalue weighted by molar-refractivity contribution is -0.0307. The summed E-state index contributed by atoms with van der Waals surface area (Å²) >= 11 is 0. The van der Waals surface area contributed by atoms with Crippen LogP contribution in [0, 0.1) is 28.6 Å². The van der Waals surface area contributed by atoms with Crippen molar-refractivity contribution in [2.45, 2.75) is 91.2 Å². The van der Waals surface area contributed by atoms with Crippen molar-refractivity contribution in [3.05, 3.63) is 106 Å². The third-order valence-electron chi connectivity index (χ3n) is 14.8. The van der Waals surface area contributed by atoms with Crippen molar-refractivity contribution in [1.82, 2.24) is 29.5 Å². The third kappa shape index (κ3) is 6.65. The first kappa shape index (κ1) is 38.4. The van der Waals surface area contributed by atoms with E-state index in [1.165, 1.54) is 40.2 Å². The zero-order valence-electron chi connectivity index (χ0n) is 34.2. The Hall–Kier alpha value is -5.16. The van der Waals surface area contributed by atoms with Crippen LogP contribution in [0.15, 0.2) is 83.4 Å². The van der Waals surface area contributed by atoms with Gasteiger partial charge in [0.1, 0.15) is 17.6 Å². The number of hydrogen-bond acceptors (Lipinski definition) is 8. The minimum absolute atomic E-state index is 0.000133. The minimum Gasteiger partial charge on any atom is -0.508 e. The molecule has 3 N–H and O–H groups in total. The van der Waals surface area contributed by atoms with Gasteiger partial charge >= 0.3 is 11.8 Å². The van der Waals surface area contributed by atoms with Gasteiger partial charge in [0, 0.05) is 57.6 Å². The number of H-pyrrole nitrogens is 1. The number of fused-ring (bicyclic) bond motifs is 5. The van der Waals surface area contributed by atoms with E-state index in [0.717, 1.165) is 50.8 Å². The highest BCUT2D eigenvalue weighted by atomic mass is 16.6. The predicted molar refractivity (Wildman–Crippen MR) is 223 cm³/mol. The largest absolute Gasteiger partial charge is 0.508 e.